The quantitative estimate of drug-likeness (QED) is 0.503. The van der Waals surface area contributed by atoms with Crippen LogP contribution in [0, 0.1) is 11.8 Å². The largest absolute Gasteiger partial charge is 0.346 e. The van der Waals surface area contributed by atoms with Crippen LogP contribution in [0.1, 0.15) is 12.5 Å². The van der Waals surface area contributed by atoms with Gasteiger partial charge in [-0.1, -0.05) is 12.0 Å². The van der Waals surface area contributed by atoms with Gasteiger partial charge in [0.25, 0.3) is 5.91 Å². The van der Waals surface area contributed by atoms with E-state index < -0.39 is 17.1 Å². The predicted molar refractivity (Wildman–Crippen MR) is 103 cm³/mol. The molecule has 0 saturated heterocycles. The van der Waals surface area contributed by atoms with Crippen molar-refractivity contribution in [3.05, 3.63) is 54.4 Å². The van der Waals surface area contributed by atoms with Gasteiger partial charge in [0.1, 0.15) is 5.65 Å². The van der Waals surface area contributed by atoms with E-state index in [4.69, 9.17) is 0 Å². The Hall–Kier alpha value is -3.15. The van der Waals surface area contributed by atoms with E-state index in [-0.39, 0.29) is 0 Å². The molecule has 2 heterocycles. The van der Waals surface area contributed by atoms with E-state index in [1.54, 1.807) is 37.4 Å². The minimum atomic E-state index is -1.50. The summed E-state index contributed by atoms with van der Waals surface area (Å²) < 4.78 is 18.0. The molecule has 0 aliphatic heterocycles. The lowest BCUT2D eigenvalue weighted by atomic mass is 10.2. The van der Waals surface area contributed by atoms with E-state index in [2.05, 4.69) is 36.6 Å². The standard InChI is InChI=1S/C18H17N5O2S/c1-2-4-17(24)22-14-5-3-6-15(11-14)23-26(25)21-12-13-7-9-19-18-16(13)8-10-20-18/h3,5-11,21,23H,12H2,1H3,(H,19,20)(H,22,24). The lowest BCUT2D eigenvalue weighted by Gasteiger charge is -2.09. The Morgan fingerprint density at radius 2 is 2.12 bits per heavy atom. The number of pyridine rings is 1. The molecule has 0 radical (unpaired) electrons. The molecule has 0 aliphatic rings. The maximum absolute atomic E-state index is 12.3. The number of H-pyrrole nitrogens is 1. The molecule has 26 heavy (non-hydrogen) atoms. The Kier molecular flexibility index (Phi) is 5.63. The fraction of sp³-hybridized carbons (Fsp3) is 0.111. The Morgan fingerprint density at radius 3 is 2.96 bits per heavy atom. The molecule has 0 saturated carbocycles. The topological polar surface area (TPSA) is 98.9 Å². The highest BCUT2D eigenvalue weighted by Gasteiger charge is 2.06. The van der Waals surface area contributed by atoms with Gasteiger partial charge in [0, 0.05) is 35.7 Å². The maximum Gasteiger partial charge on any atom is 0.300 e. The first kappa shape index (κ1) is 17.7. The molecule has 3 aromatic rings. The van der Waals surface area contributed by atoms with Crippen LogP contribution in [0.4, 0.5) is 11.4 Å². The van der Waals surface area contributed by atoms with Crippen LogP contribution in [0.15, 0.2) is 48.8 Å². The number of aromatic nitrogens is 2. The highest BCUT2D eigenvalue weighted by atomic mass is 32.2. The molecule has 0 spiro atoms. The number of anilines is 2. The fourth-order valence-electron chi connectivity index (χ4n) is 2.39. The zero-order valence-corrected chi connectivity index (χ0v) is 14.8. The van der Waals surface area contributed by atoms with Crippen molar-refractivity contribution in [1.29, 1.82) is 0 Å². The van der Waals surface area contributed by atoms with Crippen LogP contribution in [-0.4, -0.2) is 20.1 Å². The third-order valence-electron chi connectivity index (χ3n) is 3.51. The average molecular weight is 367 g/mol. The van der Waals surface area contributed by atoms with Crippen molar-refractivity contribution >= 4 is 39.5 Å². The number of amides is 1. The Bertz CT molecular complexity index is 1020. The second-order valence-electron chi connectivity index (χ2n) is 5.31. The summed E-state index contributed by atoms with van der Waals surface area (Å²) in [6, 6.07) is 10.7. The number of fused-ring (bicyclic) bond motifs is 1. The van der Waals surface area contributed by atoms with E-state index in [0.717, 1.165) is 16.6 Å². The summed E-state index contributed by atoms with van der Waals surface area (Å²) >= 11 is -1.50. The van der Waals surface area contributed by atoms with Crippen molar-refractivity contribution in [1.82, 2.24) is 14.7 Å². The second-order valence-corrected chi connectivity index (χ2v) is 6.34. The third-order valence-corrected chi connectivity index (χ3v) is 4.34. The van der Waals surface area contributed by atoms with Crippen LogP contribution >= 0.6 is 0 Å². The average Bonchev–Trinajstić information content (AvgIpc) is 3.09. The fourth-order valence-corrected chi connectivity index (χ4v) is 3.09. The summed E-state index contributed by atoms with van der Waals surface area (Å²) in [7, 11) is 0. The van der Waals surface area contributed by atoms with Gasteiger partial charge in [-0.3, -0.25) is 9.52 Å². The normalized spacial score (nSPS) is 11.4. The molecular formula is C18H17N5O2S. The van der Waals surface area contributed by atoms with Gasteiger partial charge in [-0.15, -0.1) is 0 Å². The second kappa shape index (κ2) is 8.29. The first-order chi connectivity index (χ1) is 12.7. The number of benzene rings is 1. The Labute approximate surface area is 153 Å². The summed E-state index contributed by atoms with van der Waals surface area (Å²) in [5.74, 6) is 4.55. The number of nitrogens with zero attached hydrogens (tertiary/aromatic N) is 1. The molecular weight excluding hydrogens is 350 g/mol. The molecule has 3 rings (SSSR count). The maximum atomic E-state index is 12.3. The molecule has 1 atom stereocenters. The van der Waals surface area contributed by atoms with Crippen LogP contribution in [0.25, 0.3) is 11.0 Å². The van der Waals surface area contributed by atoms with Gasteiger partial charge < -0.3 is 10.3 Å². The van der Waals surface area contributed by atoms with Crippen molar-refractivity contribution in [3.63, 3.8) is 0 Å². The lowest BCUT2D eigenvalue weighted by Crippen LogP contribution is -2.23. The molecule has 2 aromatic heterocycles. The van der Waals surface area contributed by atoms with Crippen molar-refractivity contribution in [2.75, 3.05) is 10.0 Å². The first-order valence-electron chi connectivity index (χ1n) is 7.82. The lowest BCUT2D eigenvalue weighted by molar-refractivity contribution is -0.111. The minimum absolute atomic E-state index is 0.392. The zero-order valence-electron chi connectivity index (χ0n) is 14.0. The van der Waals surface area contributed by atoms with Crippen molar-refractivity contribution in [3.8, 4) is 11.8 Å². The summed E-state index contributed by atoms with van der Waals surface area (Å²) in [6.07, 6.45) is 3.52. The van der Waals surface area contributed by atoms with Crippen LogP contribution in [0.5, 0.6) is 0 Å². The highest BCUT2D eigenvalue weighted by molar-refractivity contribution is 7.84. The van der Waals surface area contributed by atoms with E-state index in [1.165, 1.54) is 0 Å². The summed E-state index contributed by atoms with van der Waals surface area (Å²) in [4.78, 5) is 18.8. The van der Waals surface area contributed by atoms with Crippen molar-refractivity contribution < 1.29 is 9.00 Å². The molecule has 1 aromatic carbocycles. The number of aromatic amines is 1. The molecule has 0 bridgehead atoms. The molecule has 8 heteroatoms. The van der Waals surface area contributed by atoms with Crippen molar-refractivity contribution in [2.24, 2.45) is 0 Å². The zero-order chi connectivity index (χ0) is 18.4. The van der Waals surface area contributed by atoms with Gasteiger partial charge in [-0.2, -0.15) is 0 Å². The van der Waals surface area contributed by atoms with Crippen LogP contribution in [-0.2, 0) is 22.5 Å². The van der Waals surface area contributed by atoms with E-state index in [9.17, 15) is 9.00 Å². The van der Waals surface area contributed by atoms with Crippen LogP contribution < -0.4 is 14.8 Å². The van der Waals surface area contributed by atoms with E-state index in [0.29, 0.717) is 17.9 Å². The molecule has 7 nitrogen and oxygen atoms in total. The summed E-state index contributed by atoms with van der Waals surface area (Å²) in [5, 5.41) is 3.63. The van der Waals surface area contributed by atoms with Gasteiger partial charge in [-0.05, 0) is 48.7 Å². The number of hydrogen-bond acceptors (Lipinski definition) is 3. The highest BCUT2D eigenvalue weighted by Crippen LogP contribution is 2.17. The van der Waals surface area contributed by atoms with Gasteiger partial charge in [0.05, 0.1) is 0 Å². The summed E-state index contributed by atoms with van der Waals surface area (Å²) in [6.45, 7) is 2.01. The molecule has 0 fully saturated rings. The SMILES string of the molecule is CC#CC(=O)Nc1cccc(NS(=O)NCc2ccnc3[nH]ccc23)c1. The number of carbonyl (C=O) groups excluding carboxylic acids is 1. The van der Waals surface area contributed by atoms with Crippen molar-refractivity contribution in [2.45, 2.75) is 13.5 Å². The number of carbonyl (C=O) groups is 1. The molecule has 1 amide bonds. The number of hydrogen-bond donors (Lipinski definition) is 4. The van der Waals surface area contributed by atoms with E-state index >= 15 is 0 Å². The Balaban J connectivity index is 1.60. The molecule has 0 aliphatic carbocycles. The number of rotatable bonds is 6. The van der Waals surface area contributed by atoms with Gasteiger partial charge in [0.2, 0.25) is 0 Å². The van der Waals surface area contributed by atoms with Gasteiger partial charge >= 0.3 is 0 Å². The Morgan fingerprint density at radius 1 is 1.27 bits per heavy atom. The van der Waals surface area contributed by atoms with Crippen LogP contribution in [0.2, 0.25) is 0 Å². The molecule has 1 unspecified atom stereocenters. The van der Waals surface area contributed by atoms with Gasteiger partial charge in [0.15, 0.2) is 11.2 Å². The smallest absolute Gasteiger partial charge is 0.300 e. The third kappa shape index (κ3) is 4.47. The minimum Gasteiger partial charge on any atom is -0.346 e. The molecule has 132 valence electrons. The van der Waals surface area contributed by atoms with E-state index in [1.807, 2.05) is 18.3 Å². The predicted octanol–water partition coefficient (Wildman–Crippen LogP) is 2.31. The molecule has 4 N–H and O–H groups in total. The summed E-state index contributed by atoms with van der Waals surface area (Å²) in [5.41, 5.74) is 2.97. The van der Waals surface area contributed by atoms with Gasteiger partial charge in [-0.25, -0.2) is 13.9 Å². The monoisotopic (exact) mass is 367 g/mol. The number of nitrogens with one attached hydrogen (secondary N) is 4. The van der Waals surface area contributed by atoms with Crippen LogP contribution in [0.3, 0.4) is 0 Å². The first-order valence-corrected chi connectivity index (χ1v) is 8.97.